The standard InChI is InChI=1S/C14H14N4O2S/c1-8-3-9(2)5-10(4-8)18-12(19)6-11(13(18)20)21-14-15-7-16-17-14/h3-5,7,11H,6H2,1-2H3,(H,15,16,17)/t11-/m1/s1. The number of hydrogen-bond acceptors (Lipinski definition) is 5. The van der Waals surface area contributed by atoms with E-state index in [2.05, 4.69) is 15.2 Å². The molecule has 1 fully saturated rings. The number of nitrogens with zero attached hydrogens (tertiary/aromatic N) is 3. The summed E-state index contributed by atoms with van der Waals surface area (Å²) < 4.78 is 0. The highest BCUT2D eigenvalue weighted by Crippen LogP contribution is 2.32. The SMILES string of the molecule is Cc1cc(C)cc(N2C(=O)C[C@@H](Sc3ncn[nH]3)C2=O)c1. The molecule has 2 amide bonds. The van der Waals surface area contributed by atoms with E-state index >= 15 is 0 Å². The molecule has 0 spiro atoms. The number of anilines is 1. The number of imide groups is 1. The van der Waals surface area contributed by atoms with Crippen molar-refractivity contribution >= 4 is 29.3 Å². The van der Waals surface area contributed by atoms with E-state index in [1.165, 1.54) is 23.0 Å². The number of aromatic nitrogens is 3. The lowest BCUT2D eigenvalue weighted by atomic mass is 10.1. The normalized spacial score (nSPS) is 18.6. The number of carbonyl (C=O) groups is 2. The summed E-state index contributed by atoms with van der Waals surface area (Å²) in [7, 11) is 0. The third kappa shape index (κ3) is 2.69. The van der Waals surface area contributed by atoms with Crippen molar-refractivity contribution in [2.75, 3.05) is 4.90 Å². The number of aryl methyl sites for hydroxylation is 2. The maximum absolute atomic E-state index is 12.5. The molecule has 0 radical (unpaired) electrons. The molecule has 1 atom stereocenters. The van der Waals surface area contributed by atoms with Crippen LogP contribution in [-0.2, 0) is 9.59 Å². The van der Waals surface area contributed by atoms with Gasteiger partial charge in [-0.15, -0.1) is 0 Å². The summed E-state index contributed by atoms with van der Waals surface area (Å²) >= 11 is 1.24. The van der Waals surface area contributed by atoms with E-state index in [0.29, 0.717) is 10.8 Å². The number of H-pyrrole nitrogens is 1. The molecule has 1 aromatic carbocycles. The highest BCUT2D eigenvalue weighted by molar-refractivity contribution is 8.00. The van der Waals surface area contributed by atoms with Gasteiger partial charge in [0.25, 0.3) is 0 Å². The van der Waals surface area contributed by atoms with Gasteiger partial charge < -0.3 is 0 Å². The average Bonchev–Trinajstić information content (AvgIpc) is 2.98. The molecule has 0 bridgehead atoms. The first-order valence-corrected chi connectivity index (χ1v) is 7.39. The fourth-order valence-electron chi connectivity index (χ4n) is 2.43. The Labute approximate surface area is 125 Å². The minimum absolute atomic E-state index is 0.178. The monoisotopic (exact) mass is 302 g/mol. The topological polar surface area (TPSA) is 79.0 Å². The van der Waals surface area contributed by atoms with Gasteiger partial charge in [-0.2, -0.15) is 5.10 Å². The third-order valence-electron chi connectivity index (χ3n) is 3.22. The number of rotatable bonds is 3. The quantitative estimate of drug-likeness (QED) is 0.875. The second-order valence-corrected chi connectivity index (χ2v) is 6.21. The van der Waals surface area contributed by atoms with Crippen molar-refractivity contribution in [2.45, 2.75) is 30.7 Å². The molecular weight excluding hydrogens is 288 g/mol. The maximum Gasteiger partial charge on any atom is 0.247 e. The summed E-state index contributed by atoms with van der Waals surface area (Å²) in [5.74, 6) is -0.381. The number of benzene rings is 1. The van der Waals surface area contributed by atoms with Gasteiger partial charge in [-0.3, -0.25) is 14.7 Å². The largest absolute Gasteiger partial charge is 0.274 e. The van der Waals surface area contributed by atoms with Gasteiger partial charge in [0.15, 0.2) is 5.16 Å². The minimum Gasteiger partial charge on any atom is -0.274 e. The lowest BCUT2D eigenvalue weighted by molar-refractivity contribution is -0.121. The molecule has 1 N–H and O–H groups in total. The second-order valence-electron chi connectivity index (χ2n) is 5.01. The van der Waals surface area contributed by atoms with Crippen LogP contribution in [0.15, 0.2) is 29.7 Å². The number of thioether (sulfide) groups is 1. The van der Waals surface area contributed by atoms with Gasteiger partial charge in [-0.1, -0.05) is 17.8 Å². The van der Waals surface area contributed by atoms with Crippen LogP contribution < -0.4 is 4.90 Å². The van der Waals surface area contributed by atoms with Crippen molar-refractivity contribution in [3.63, 3.8) is 0 Å². The minimum atomic E-state index is -0.453. The fraction of sp³-hybridized carbons (Fsp3) is 0.286. The summed E-state index contributed by atoms with van der Waals surface area (Å²) in [5, 5.41) is 6.53. The second kappa shape index (κ2) is 5.33. The first kappa shape index (κ1) is 13.8. The van der Waals surface area contributed by atoms with E-state index in [1.807, 2.05) is 32.0 Å². The molecule has 7 heteroatoms. The van der Waals surface area contributed by atoms with Gasteiger partial charge in [-0.25, -0.2) is 9.88 Å². The zero-order valence-electron chi connectivity index (χ0n) is 11.7. The Morgan fingerprint density at radius 1 is 1.24 bits per heavy atom. The van der Waals surface area contributed by atoms with E-state index in [9.17, 15) is 9.59 Å². The van der Waals surface area contributed by atoms with Crippen LogP contribution in [0.2, 0.25) is 0 Å². The average molecular weight is 302 g/mol. The predicted molar refractivity (Wildman–Crippen MR) is 79.1 cm³/mol. The lowest BCUT2D eigenvalue weighted by Gasteiger charge is -2.16. The van der Waals surface area contributed by atoms with Crippen LogP contribution in [0.1, 0.15) is 17.5 Å². The van der Waals surface area contributed by atoms with Crippen LogP contribution in [-0.4, -0.2) is 32.2 Å². The van der Waals surface area contributed by atoms with Crippen LogP contribution in [0.25, 0.3) is 0 Å². The van der Waals surface area contributed by atoms with Crippen LogP contribution in [0.5, 0.6) is 0 Å². The molecule has 0 unspecified atom stereocenters. The molecule has 3 rings (SSSR count). The Morgan fingerprint density at radius 2 is 1.95 bits per heavy atom. The van der Waals surface area contributed by atoms with Crippen molar-refractivity contribution in [2.24, 2.45) is 0 Å². The zero-order chi connectivity index (χ0) is 15.0. The van der Waals surface area contributed by atoms with Crippen LogP contribution in [0.4, 0.5) is 5.69 Å². The fourth-order valence-corrected chi connectivity index (χ4v) is 3.35. The number of carbonyl (C=O) groups excluding carboxylic acids is 2. The maximum atomic E-state index is 12.5. The highest BCUT2D eigenvalue weighted by Gasteiger charge is 2.40. The van der Waals surface area contributed by atoms with E-state index < -0.39 is 5.25 Å². The molecule has 1 aliphatic heterocycles. The first-order chi connectivity index (χ1) is 10.0. The van der Waals surface area contributed by atoms with Crippen molar-refractivity contribution < 1.29 is 9.59 Å². The van der Waals surface area contributed by atoms with Crippen molar-refractivity contribution in [1.82, 2.24) is 15.2 Å². The smallest absolute Gasteiger partial charge is 0.247 e. The summed E-state index contributed by atoms with van der Waals surface area (Å²) in [6, 6.07) is 5.71. The van der Waals surface area contributed by atoms with Gasteiger partial charge in [0.05, 0.1) is 5.69 Å². The number of aromatic amines is 1. The molecular formula is C14H14N4O2S. The van der Waals surface area contributed by atoms with Crippen LogP contribution in [0.3, 0.4) is 0 Å². The Bertz CT molecular complexity index is 679. The Kier molecular flexibility index (Phi) is 3.50. The van der Waals surface area contributed by atoms with E-state index in [-0.39, 0.29) is 18.2 Å². The molecule has 1 saturated heterocycles. The summed E-state index contributed by atoms with van der Waals surface area (Å²) in [6.45, 7) is 3.89. The van der Waals surface area contributed by atoms with E-state index in [4.69, 9.17) is 0 Å². The lowest BCUT2D eigenvalue weighted by Crippen LogP contribution is -2.31. The number of amides is 2. The van der Waals surface area contributed by atoms with Gasteiger partial charge in [0.2, 0.25) is 11.8 Å². The molecule has 0 saturated carbocycles. The zero-order valence-corrected chi connectivity index (χ0v) is 12.5. The summed E-state index contributed by atoms with van der Waals surface area (Å²) in [5.41, 5.74) is 2.69. The Hall–Kier alpha value is -2.15. The van der Waals surface area contributed by atoms with Gasteiger partial charge in [0.1, 0.15) is 11.6 Å². The summed E-state index contributed by atoms with van der Waals surface area (Å²) in [4.78, 5) is 29.9. The molecule has 1 aromatic heterocycles. The van der Waals surface area contributed by atoms with Crippen LogP contribution in [0, 0.1) is 13.8 Å². The Morgan fingerprint density at radius 3 is 2.57 bits per heavy atom. The van der Waals surface area contributed by atoms with Crippen molar-refractivity contribution in [1.29, 1.82) is 0 Å². The molecule has 108 valence electrons. The van der Waals surface area contributed by atoms with Crippen molar-refractivity contribution in [3.8, 4) is 0 Å². The molecule has 21 heavy (non-hydrogen) atoms. The Balaban J connectivity index is 1.86. The van der Waals surface area contributed by atoms with Gasteiger partial charge in [-0.05, 0) is 37.1 Å². The number of hydrogen-bond donors (Lipinski definition) is 1. The molecule has 2 aromatic rings. The predicted octanol–water partition coefficient (Wildman–Crippen LogP) is 1.85. The summed E-state index contributed by atoms with van der Waals surface area (Å²) in [6.07, 6.45) is 1.56. The molecule has 6 nitrogen and oxygen atoms in total. The van der Waals surface area contributed by atoms with Gasteiger partial charge >= 0.3 is 0 Å². The molecule has 0 aliphatic carbocycles. The number of nitrogens with one attached hydrogen (secondary N) is 1. The van der Waals surface area contributed by atoms with Gasteiger partial charge in [0, 0.05) is 6.42 Å². The first-order valence-electron chi connectivity index (χ1n) is 6.52. The van der Waals surface area contributed by atoms with E-state index in [1.54, 1.807) is 0 Å². The van der Waals surface area contributed by atoms with E-state index in [0.717, 1.165) is 11.1 Å². The van der Waals surface area contributed by atoms with Crippen LogP contribution >= 0.6 is 11.8 Å². The third-order valence-corrected chi connectivity index (χ3v) is 4.29. The van der Waals surface area contributed by atoms with Crippen molar-refractivity contribution in [3.05, 3.63) is 35.7 Å². The highest BCUT2D eigenvalue weighted by atomic mass is 32.2. The molecule has 1 aliphatic rings. The molecule has 2 heterocycles.